The Bertz CT molecular complexity index is 1110. The number of carboxylic acids is 2. The first-order valence-corrected chi connectivity index (χ1v) is 9.56. The highest BCUT2D eigenvalue weighted by Gasteiger charge is 2.19. The Balaban J connectivity index is 0.000000258. The zero-order valence-corrected chi connectivity index (χ0v) is 17.8. The summed E-state index contributed by atoms with van der Waals surface area (Å²) in [5.41, 5.74) is 3.14. The van der Waals surface area contributed by atoms with Crippen molar-refractivity contribution in [2.75, 3.05) is 0 Å². The number of aryl methyl sites for hydroxylation is 3. The lowest BCUT2D eigenvalue weighted by atomic mass is 10.00. The molecule has 0 aliphatic rings. The quantitative estimate of drug-likeness (QED) is 0.452. The second kappa shape index (κ2) is 10.7. The third-order valence-corrected chi connectivity index (χ3v) is 4.46. The van der Waals surface area contributed by atoms with Gasteiger partial charge in [-0.1, -0.05) is 48.0 Å². The van der Waals surface area contributed by atoms with Crippen molar-refractivity contribution in [3.8, 4) is 0 Å². The third kappa shape index (κ3) is 6.12. The van der Waals surface area contributed by atoms with Crippen LogP contribution in [0.15, 0.2) is 66.7 Å². The number of hydrogen-bond acceptors (Lipinski definition) is 5. The molecule has 0 aromatic heterocycles. The van der Waals surface area contributed by atoms with Gasteiger partial charge in [-0.05, 0) is 56.2 Å². The minimum atomic E-state index is -1.23. The van der Waals surface area contributed by atoms with Gasteiger partial charge in [0, 0.05) is 0 Å². The average Bonchev–Trinajstić information content (AvgIpc) is 2.74. The molecule has 0 aliphatic carbocycles. The summed E-state index contributed by atoms with van der Waals surface area (Å²) in [7, 11) is 0. The molecule has 0 amide bonds. The molecule has 0 spiro atoms. The summed E-state index contributed by atoms with van der Waals surface area (Å²) < 4.78 is 4.95. The minimum Gasteiger partial charge on any atom is -0.478 e. The molecule has 3 aromatic rings. The van der Waals surface area contributed by atoms with Gasteiger partial charge in [0.05, 0.1) is 22.3 Å². The van der Waals surface area contributed by atoms with Crippen molar-refractivity contribution >= 4 is 23.9 Å². The van der Waals surface area contributed by atoms with E-state index in [2.05, 4.69) is 0 Å². The van der Waals surface area contributed by atoms with Crippen LogP contribution in [0.5, 0.6) is 0 Å². The highest BCUT2D eigenvalue weighted by atomic mass is 16.6. The fourth-order valence-corrected chi connectivity index (χ4v) is 3.13. The van der Waals surface area contributed by atoms with Crippen LogP contribution in [0.1, 0.15) is 58.1 Å². The van der Waals surface area contributed by atoms with E-state index in [-0.39, 0.29) is 11.1 Å². The SMILES string of the molecule is Cc1cc(C)c(C(=O)OC(=O)c2ccccc2)c(C)c1.O=C(O)c1ccccc1C(=O)O. The fraction of sp³-hybridized carbons (Fsp3) is 0.120. The number of carboxylic acid groups (broad SMARTS) is 2. The molecule has 3 rings (SSSR count). The van der Waals surface area contributed by atoms with Gasteiger partial charge in [-0.25, -0.2) is 19.2 Å². The summed E-state index contributed by atoms with van der Waals surface area (Å²) in [4.78, 5) is 44.9. The van der Waals surface area contributed by atoms with E-state index in [1.165, 1.54) is 24.3 Å². The van der Waals surface area contributed by atoms with Crippen molar-refractivity contribution in [2.45, 2.75) is 20.8 Å². The Morgan fingerprint density at radius 2 is 1.09 bits per heavy atom. The first-order chi connectivity index (χ1) is 15.1. The normalized spacial score (nSPS) is 9.84. The molecule has 0 aliphatic heterocycles. The Labute approximate surface area is 184 Å². The molecule has 2 N–H and O–H groups in total. The van der Waals surface area contributed by atoms with Gasteiger partial charge in [0.1, 0.15) is 0 Å². The smallest absolute Gasteiger partial charge is 0.346 e. The van der Waals surface area contributed by atoms with Crippen LogP contribution in [0.4, 0.5) is 0 Å². The largest absolute Gasteiger partial charge is 0.478 e. The van der Waals surface area contributed by atoms with E-state index in [4.69, 9.17) is 14.9 Å². The third-order valence-electron chi connectivity index (χ3n) is 4.46. The number of ether oxygens (including phenoxy) is 1. The number of esters is 2. The van der Waals surface area contributed by atoms with E-state index >= 15 is 0 Å². The molecule has 0 bridgehead atoms. The molecule has 0 radical (unpaired) electrons. The van der Waals surface area contributed by atoms with Crippen LogP contribution in [0.3, 0.4) is 0 Å². The summed E-state index contributed by atoms with van der Waals surface area (Å²) in [6.45, 7) is 5.64. The number of carbonyl (C=O) groups is 4. The summed E-state index contributed by atoms with van der Waals surface area (Å²) in [6.07, 6.45) is 0. The standard InChI is InChI=1S/C17H16O3.C8H6O4/c1-11-9-12(2)15(13(3)10-11)17(19)20-16(18)14-7-5-4-6-8-14;9-7(10)5-3-1-2-4-6(5)8(11)12/h4-10H,1-3H3;1-4H,(H,9,10)(H,11,12). The number of aromatic carboxylic acids is 2. The zero-order valence-electron chi connectivity index (χ0n) is 17.8. The summed E-state index contributed by atoms with van der Waals surface area (Å²) >= 11 is 0. The van der Waals surface area contributed by atoms with Crippen LogP contribution in [0.25, 0.3) is 0 Å². The van der Waals surface area contributed by atoms with E-state index in [1.54, 1.807) is 30.3 Å². The van der Waals surface area contributed by atoms with E-state index in [1.807, 2.05) is 32.9 Å². The van der Waals surface area contributed by atoms with Gasteiger partial charge in [0.15, 0.2) is 0 Å². The van der Waals surface area contributed by atoms with Gasteiger partial charge in [0.2, 0.25) is 0 Å². The van der Waals surface area contributed by atoms with Crippen molar-refractivity contribution in [3.05, 3.63) is 106 Å². The Kier molecular flexibility index (Phi) is 8.01. The van der Waals surface area contributed by atoms with Crippen LogP contribution in [-0.4, -0.2) is 34.1 Å². The summed E-state index contributed by atoms with van der Waals surface area (Å²) in [5, 5.41) is 17.1. The predicted molar refractivity (Wildman–Crippen MR) is 117 cm³/mol. The van der Waals surface area contributed by atoms with Crippen LogP contribution in [0, 0.1) is 20.8 Å². The molecular formula is C25H22O7. The Hall–Kier alpha value is -4.26. The lowest BCUT2D eigenvalue weighted by molar-refractivity contribution is 0.0396. The van der Waals surface area contributed by atoms with Gasteiger partial charge < -0.3 is 14.9 Å². The number of hydrogen-bond donors (Lipinski definition) is 2. The number of rotatable bonds is 4. The van der Waals surface area contributed by atoms with Gasteiger partial charge in [0.25, 0.3) is 0 Å². The maximum absolute atomic E-state index is 12.1. The highest BCUT2D eigenvalue weighted by Crippen LogP contribution is 2.18. The molecule has 0 unspecified atom stereocenters. The molecule has 0 saturated heterocycles. The molecule has 0 fully saturated rings. The second-order valence-corrected chi connectivity index (χ2v) is 6.97. The Morgan fingerprint density at radius 1 is 0.656 bits per heavy atom. The molecule has 3 aromatic carbocycles. The van der Waals surface area contributed by atoms with Crippen LogP contribution in [0.2, 0.25) is 0 Å². The lowest BCUT2D eigenvalue weighted by Gasteiger charge is -2.10. The van der Waals surface area contributed by atoms with Crippen LogP contribution >= 0.6 is 0 Å². The molecule has 0 atom stereocenters. The lowest BCUT2D eigenvalue weighted by Crippen LogP contribution is -2.15. The number of benzene rings is 3. The van der Waals surface area contributed by atoms with E-state index in [9.17, 15) is 19.2 Å². The van der Waals surface area contributed by atoms with E-state index in [0.29, 0.717) is 11.1 Å². The van der Waals surface area contributed by atoms with Crippen molar-refractivity contribution in [1.82, 2.24) is 0 Å². The molecule has 32 heavy (non-hydrogen) atoms. The van der Waals surface area contributed by atoms with Gasteiger partial charge in [-0.15, -0.1) is 0 Å². The number of carbonyl (C=O) groups excluding carboxylic acids is 2. The monoisotopic (exact) mass is 434 g/mol. The molecule has 0 saturated carbocycles. The molecule has 7 nitrogen and oxygen atoms in total. The topological polar surface area (TPSA) is 118 Å². The maximum atomic E-state index is 12.1. The first-order valence-electron chi connectivity index (χ1n) is 9.56. The molecule has 164 valence electrons. The van der Waals surface area contributed by atoms with Crippen molar-refractivity contribution < 1.29 is 34.1 Å². The van der Waals surface area contributed by atoms with Gasteiger partial charge in [-0.3, -0.25) is 0 Å². The predicted octanol–water partition coefficient (Wildman–Crippen LogP) is 4.69. The average molecular weight is 434 g/mol. The maximum Gasteiger partial charge on any atom is 0.346 e. The zero-order chi connectivity index (χ0) is 23.8. The first kappa shape index (κ1) is 24.0. The second-order valence-electron chi connectivity index (χ2n) is 6.97. The van der Waals surface area contributed by atoms with Crippen LogP contribution in [-0.2, 0) is 4.74 Å². The fourth-order valence-electron chi connectivity index (χ4n) is 3.13. The summed E-state index contributed by atoms with van der Waals surface area (Å²) in [6, 6.07) is 17.8. The molecule has 7 heteroatoms. The highest BCUT2D eigenvalue weighted by molar-refractivity contribution is 6.04. The van der Waals surface area contributed by atoms with Crippen LogP contribution < -0.4 is 0 Å². The van der Waals surface area contributed by atoms with Gasteiger partial charge in [-0.2, -0.15) is 0 Å². The van der Waals surface area contributed by atoms with E-state index in [0.717, 1.165) is 16.7 Å². The van der Waals surface area contributed by atoms with Crippen molar-refractivity contribution in [3.63, 3.8) is 0 Å². The van der Waals surface area contributed by atoms with Crippen molar-refractivity contribution in [1.29, 1.82) is 0 Å². The van der Waals surface area contributed by atoms with Gasteiger partial charge >= 0.3 is 23.9 Å². The minimum absolute atomic E-state index is 0.190. The molecule has 0 heterocycles. The Morgan fingerprint density at radius 3 is 1.53 bits per heavy atom. The van der Waals surface area contributed by atoms with E-state index < -0.39 is 23.9 Å². The van der Waals surface area contributed by atoms with Crippen molar-refractivity contribution in [2.24, 2.45) is 0 Å². The summed E-state index contributed by atoms with van der Waals surface area (Å²) in [5.74, 6) is -3.69. The molecular weight excluding hydrogens is 412 g/mol.